The van der Waals surface area contributed by atoms with Crippen LogP contribution in [0.3, 0.4) is 0 Å². The summed E-state index contributed by atoms with van der Waals surface area (Å²) in [4.78, 5) is 14.8. The van der Waals surface area contributed by atoms with E-state index in [0.29, 0.717) is 13.0 Å². The number of carbonyl (C=O) groups is 1. The Morgan fingerprint density at radius 1 is 1.20 bits per heavy atom. The number of hydrogen-bond acceptors (Lipinski definition) is 4. The van der Waals surface area contributed by atoms with E-state index in [-0.39, 0.29) is 5.91 Å². The number of rotatable bonds is 7. The van der Waals surface area contributed by atoms with E-state index < -0.39 is 6.10 Å². The third kappa shape index (κ3) is 4.71. The number of fused-ring (bicyclic) bond motifs is 1. The number of hydrogen-bond donors (Lipinski definition) is 1. The van der Waals surface area contributed by atoms with Crippen molar-refractivity contribution in [2.75, 3.05) is 39.4 Å². The molecule has 1 heterocycles. The van der Waals surface area contributed by atoms with Crippen molar-refractivity contribution in [1.29, 1.82) is 0 Å². The number of amides is 1. The van der Waals surface area contributed by atoms with Gasteiger partial charge < -0.3 is 14.8 Å². The molecule has 0 aromatic heterocycles. The molecule has 0 radical (unpaired) electrons. The molecule has 2 aromatic rings. The van der Waals surface area contributed by atoms with Gasteiger partial charge in [-0.3, -0.25) is 9.69 Å². The highest BCUT2D eigenvalue weighted by molar-refractivity contribution is 5.89. The summed E-state index contributed by atoms with van der Waals surface area (Å²) in [6.45, 7) is 6.86. The zero-order valence-corrected chi connectivity index (χ0v) is 14.7. The van der Waals surface area contributed by atoms with Crippen molar-refractivity contribution in [2.45, 2.75) is 19.4 Å². The van der Waals surface area contributed by atoms with Crippen LogP contribution in [0.25, 0.3) is 10.8 Å². The summed E-state index contributed by atoms with van der Waals surface area (Å²) >= 11 is 0. The zero-order valence-electron chi connectivity index (χ0n) is 14.7. The highest BCUT2D eigenvalue weighted by Crippen LogP contribution is 2.26. The molecule has 1 atom stereocenters. The van der Waals surface area contributed by atoms with Crippen molar-refractivity contribution in [1.82, 2.24) is 10.2 Å². The second kappa shape index (κ2) is 8.83. The predicted octanol–water partition coefficient (Wildman–Crippen LogP) is 2.45. The molecule has 1 fully saturated rings. The first-order valence-electron chi connectivity index (χ1n) is 9.00. The second-order valence-corrected chi connectivity index (χ2v) is 6.24. The average Bonchev–Trinajstić information content (AvgIpc) is 2.67. The van der Waals surface area contributed by atoms with E-state index in [4.69, 9.17) is 9.47 Å². The molecule has 5 nitrogen and oxygen atoms in total. The van der Waals surface area contributed by atoms with Gasteiger partial charge in [-0.25, -0.2) is 0 Å². The van der Waals surface area contributed by atoms with Crippen molar-refractivity contribution < 1.29 is 14.3 Å². The second-order valence-electron chi connectivity index (χ2n) is 6.24. The van der Waals surface area contributed by atoms with Gasteiger partial charge >= 0.3 is 0 Å². The summed E-state index contributed by atoms with van der Waals surface area (Å²) in [7, 11) is 0. The van der Waals surface area contributed by atoms with Gasteiger partial charge in [0, 0.05) is 31.6 Å². The molecular formula is C20H26N2O3. The number of carbonyl (C=O) groups excluding carboxylic acids is 1. The molecule has 1 amide bonds. The summed E-state index contributed by atoms with van der Waals surface area (Å²) in [5.74, 6) is 0.706. The minimum atomic E-state index is -0.476. The average molecular weight is 342 g/mol. The number of benzene rings is 2. The van der Waals surface area contributed by atoms with Crippen molar-refractivity contribution in [3.8, 4) is 5.75 Å². The minimum absolute atomic E-state index is 0.0521. The van der Waals surface area contributed by atoms with E-state index in [1.165, 1.54) is 0 Å². The third-order valence-corrected chi connectivity index (χ3v) is 4.51. The highest BCUT2D eigenvalue weighted by Gasteiger charge is 2.19. The molecule has 0 saturated carbocycles. The SMILES string of the molecule is CC[C@@H](Oc1cccc2ccccc12)C(=O)NCCN1CCOCC1. The van der Waals surface area contributed by atoms with Crippen LogP contribution in [0.5, 0.6) is 5.75 Å². The van der Waals surface area contributed by atoms with Gasteiger partial charge in [0.05, 0.1) is 13.2 Å². The lowest BCUT2D eigenvalue weighted by Gasteiger charge is -2.27. The Hall–Kier alpha value is -2.11. The molecule has 0 aliphatic carbocycles. The van der Waals surface area contributed by atoms with Gasteiger partial charge in [0.2, 0.25) is 0 Å². The van der Waals surface area contributed by atoms with Gasteiger partial charge in [0.25, 0.3) is 5.91 Å². The molecule has 25 heavy (non-hydrogen) atoms. The fourth-order valence-electron chi connectivity index (χ4n) is 3.05. The Balaban J connectivity index is 1.56. The van der Waals surface area contributed by atoms with Gasteiger partial charge in [-0.2, -0.15) is 0 Å². The van der Waals surface area contributed by atoms with Crippen LogP contribution >= 0.6 is 0 Å². The molecule has 1 aliphatic rings. The summed E-state index contributed by atoms with van der Waals surface area (Å²) in [5, 5.41) is 5.15. The van der Waals surface area contributed by atoms with Crippen LogP contribution in [0.4, 0.5) is 0 Å². The summed E-state index contributed by atoms with van der Waals surface area (Å²) < 4.78 is 11.4. The van der Waals surface area contributed by atoms with Gasteiger partial charge in [-0.05, 0) is 17.9 Å². The van der Waals surface area contributed by atoms with E-state index in [1.807, 2.05) is 49.4 Å². The Bertz CT molecular complexity index is 693. The number of nitrogens with zero attached hydrogens (tertiary/aromatic N) is 1. The molecule has 5 heteroatoms. The van der Waals surface area contributed by atoms with E-state index >= 15 is 0 Å². The molecule has 0 unspecified atom stereocenters. The molecule has 0 bridgehead atoms. The van der Waals surface area contributed by atoms with Crippen LogP contribution < -0.4 is 10.1 Å². The lowest BCUT2D eigenvalue weighted by Crippen LogP contribution is -2.44. The lowest BCUT2D eigenvalue weighted by molar-refractivity contribution is -0.128. The first-order valence-corrected chi connectivity index (χ1v) is 9.00. The van der Waals surface area contributed by atoms with Crippen LogP contribution in [0.2, 0.25) is 0 Å². The Morgan fingerprint density at radius 3 is 2.76 bits per heavy atom. The molecule has 1 aliphatic heterocycles. The molecule has 0 spiro atoms. The maximum Gasteiger partial charge on any atom is 0.261 e. The van der Waals surface area contributed by atoms with Crippen LogP contribution in [-0.2, 0) is 9.53 Å². The largest absolute Gasteiger partial charge is 0.480 e. The first kappa shape index (κ1) is 17.7. The highest BCUT2D eigenvalue weighted by atomic mass is 16.5. The summed E-state index contributed by atoms with van der Waals surface area (Å²) in [5.41, 5.74) is 0. The maximum atomic E-state index is 12.5. The molecule has 134 valence electrons. The van der Waals surface area contributed by atoms with Gasteiger partial charge in [0.15, 0.2) is 6.10 Å². The van der Waals surface area contributed by atoms with Gasteiger partial charge in [0.1, 0.15) is 5.75 Å². The fraction of sp³-hybridized carbons (Fsp3) is 0.450. The molecule has 3 rings (SSSR count). The topological polar surface area (TPSA) is 50.8 Å². The summed E-state index contributed by atoms with van der Waals surface area (Å²) in [6.07, 6.45) is 0.155. The standard InChI is InChI=1S/C20H26N2O3/c1-2-18(20(23)21-10-11-22-12-14-24-15-13-22)25-19-9-5-7-16-6-3-4-8-17(16)19/h3-9,18H,2,10-15H2,1H3,(H,21,23)/t18-/m1/s1. The maximum absolute atomic E-state index is 12.5. The van der Waals surface area contributed by atoms with Crippen LogP contribution in [0.15, 0.2) is 42.5 Å². The van der Waals surface area contributed by atoms with Crippen molar-refractivity contribution in [2.24, 2.45) is 0 Å². The quantitative estimate of drug-likeness (QED) is 0.840. The van der Waals surface area contributed by atoms with Gasteiger partial charge in [-0.15, -0.1) is 0 Å². The Labute approximate surface area is 148 Å². The zero-order chi connectivity index (χ0) is 17.5. The molecule has 1 N–H and O–H groups in total. The van der Waals surface area contributed by atoms with E-state index in [0.717, 1.165) is 49.4 Å². The smallest absolute Gasteiger partial charge is 0.261 e. The van der Waals surface area contributed by atoms with Crippen LogP contribution in [0.1, 0.15) is 13.3 Å². The molecule has 1 saturated heterocycles. The minimum Gasteiger partial charge on any atom is -0.480 e. The normalized spacial score (nSPS) is 16.5. The van der Waals surface area contributed by atoms with Gasteiger partial charge in [-0.1, -0.05) is 43.3 Å². The van der Waals surface area contributed by atoms with Crippen LogP contribution in [-0.4, -0.2) is 56.3 Å². The fourth-order valence-corrected chi connectivity index (χ4v) is 3.05. The van der Waals surface area contributed by atoms with Crippen LogP contribution in [0, 0.1) is 0 Å². The monoisotopic (exact) mass is 342 g/mol. The van der Waals surface area contributed by atoms with Crippen molar-refractivity contribution in [3.05, 3.63) is 42.5 Å². The number of ether oxygens (including phenoxy) is 2. The van der Waals surface area contributed by atoms with E-state index in [2.05, 4.69) is 10.2 Å². The first-order chi connectivity index (χ1) is 12.3. The van der Waals surface area contributed by atoms with E-state index in [9.17, 15) is 4.79 Å². The number of morpholine rings is 1. The van der Waals surface area contributed by atoms with Crippen molar-refractivity contribution in [3.63, 3.8) is 0 Å². The van der Waals surface area contributed by atoms with Crippen molar-refractivity contribution >= 4 is 16.7 Å². The third-order valence-electron chi connectivity index (χ3n) is 4.51. The molecule has 2 aromatic carbocycles. The summed E-state index contributed by atoms with van der Waals surface area (Å²) in [6, 6.07) is 14.0. The molecular weight excluding hydrogens is 316 g/mol. The Kier molecular flexibility index (Phi) is 6.25. The number of nitrogens with one attached hydrogen (secondary N) is 1. The van der Waals surface area contributed by atoms with E-state index in [1.54, 1.807) is 0 Å². The predicted molar refractivity (Wildman–Crippen MR) is 98.9 cm³/mol. The lowest BCUT2D eigenvalue weighted by atomic mass is 10.1. The Morgan fingerprint density at radius 2 is 1.96 bits per heavy atom.